The van der Waals surface area contributed by atoms with Gasteiger partial charge in [0.15, 0.2) is 0 Å². The minimum atomic E-state index is -0.846. The van der Waals surface area contributed by atoms with E-state index in [0.29, 0.717) is 24.2 Å². The first-order valence-electron chi connectivity index (χ1n) is 7.34. The molecule has 1 aromatic rings. The molecule has 0 aromatic heterocycles. The zero-order chi connectivity index (χ0) is 17.1. The van der Waals surface area contributed by atoms with Gasteiger partial charge in [-0.1, -0.05) is 11.6 Å². The second kappa shape index (κ2) is 6.73. The van der Waals surface area contributed by atoms with Gasteiger partial charge in [0.1, 0.15) is 23.2 Å². The zero-order valence-corrected chi connectivity index (χ0v) is 13.4. The number of phenolic OH excluding ortho intramolecular Hbond substituents is 1. The number of carboxylic acids is 1. The van der Waals surface area contributed by atoms with Crippen molar-refractivity contribution in [1.82, 2.24) is 0 Å². The summed E-state index contributed by atoms with van der Waals surface area (Å²) in [6, 6.07) is 1.41. The summed E-state index contributed by atoms with van der Waals surface area (Å²) in [7, 11) is 1.50. The number of carboxylic acid groups (broad SMARTS) is 1. The summed E-state index contributed by atoms with van der Waals surface area (Å²) in [6.07, 6.45) is 2.31. The third-order valence-electron chi connectivity index (χ3n) is 3.98. The van der Waals surface area contributed by atoms with Gasteiger partial charge in [0.25, 0.3) is 0 Å². The fourth-order valence-corrected chi connectivity index (χ4v) is 2.72. The number of aliphatic carboxylic acids is 1. The van der Waals surface area contributed by atoms with Crippen LogP contribution in [0.5, 0.6) is 11.5 Å². The van der Waals surface area contributed by atoms with E-state index in [2.05, 4.69) is 0 Å². The van der Waals surface area contributed by atoms with Gasteiger partial charge in [-0.05, 0) is 25.8 Å². The van der Waals surface area contributed by atoms with Crippen LogP contribution in [-0.2, 0) is 9.53 Å². The highest BCUT2D eigenvalue weighted by Gasteiger charge is 2.36. The van der Waals surface area contributed by atoms with E-state index in [9.17, 15) is 14.7 Å². The lowest BCUT2D eigenvalue weighted by Crippen LogP contribution is -2.00. The molecule has 0 spiro atoms. The number of benzene rings is 1. The number of hydrogen-bond acceptors (Lipinski definition) is 5. The van der Waals surface area contributed by atoms with E-state index in [1.165, 1.54) is 13.2 Å². The molecular weight excluding hydrogens is 300 g/mol. The molecule has 0 bridgehead atoms. The van der Waals surface area contributed by atoms with E-state index in [1.807, 2.05) is 19.9 Å². The molecule has 6 nitrogen and oxygen atoms in total. The lowest BCUT2D eigenvalue weighted by atomic mass is 9.95. The average molecular weight is 320 g/mol. The summed E-state index contributed by atoms with van der Waals surface area (Å²) in [5, 5.41) is 18.7. The molecule has 0 fully saturated rings. The number of ether oxygens (including phenoxy) is 2. The minimum absolute atomic E-state index is 0.0665. The van der Waals surface area contributed by atoms with Crippen LogP contribution in [0.15, 0.2) is 17.7 Å². The Morgan fingerprint density at radius 1 is 1.43 bits per heavy atom. The molecule has 1 unspecified atom stereocenters. The maximum atomic E-state index is 12.0. The molecule has 1 atom stereocenters. The van der Waals surface area contributed by atoms with Crippen molar-refractivity contribution in [2.24, 2.45) is 0 Å². The van der Waals surface area contributed by atoms with Crippen LogP contribution in [0.25, 0.3) is 0 Å². The summed E-state index contributed by atoms with van der Waals surface area (Å²) >= 11 is 0. The van der Waals surface area contributed by atoms with Crippen molar-refractivity contribution in [3.8, 4) is 11.5 Å². The third kappa shape index (κ3) is 3.47. The number of carbonyl (C=O) groups is 2. The number of hydrogen-bond donors (Lipinski definition) is 2. The van der Waals surface area contributed by atoms with Crippen LogP contribution in [-0.4, -0.2) is 29.3 Å². The first kappa shape index (κ1) is 16.9. The Labute approximate surface area is 134 Å². The van der Waals surface area contributed by atoms with Crippen molar-refractivity contribution in [3.05, 3.63) is 34.4 Å². The second-order valence-electron chi connectivity index (χ2n) is 5.59. The summed E-state index contributed by atoms with van der Waals surface area (Å²) in [5.41, 5.74) is 2.49. The summed E-state index contributed by atoms with van der Waals surface area (Å²) in [6.45, 7) is 3.66. The highest BCUT2D eigenvalue weighted by atomic mass is 16.5. The Balaban J connectivity index is 2.26. The van der Waals surface area contributed by atoms with Crippen LogP contribution in [0.1, 0.15) is 53.8 Å². The molecule has 1 aromatic carbocycles. The van der Waals surface area contributed by atoms with Gasteiger partial charge in [-0.25, -0.2) is 4.79 Å². The highest BCUT2D eigenvalue weighted by molar-refractivity contribution is 5.98. The van der Waals surface area contributed by atoms with E-state index in [1.54, 1.807) is 0 Å². The molecule has 1 aliphatic heterocycles. The van der Waals surface area contributed by atoms with E-state index >= 15 is 0 Å². The van der Waals surface area contributed by atoms with Crippen LogP contribution in [0.4, 0.5) is 0 Å². The van der Waals surface area contributed by atoms with Gasteiger partial charge in [0.2, 0.25) is 0 Å². The van der Waals surface area contributed by atoms with E-state index in [0.717, 1.165) is 11.1 Å². The number of methoxy groups -OCH3 is 1. The molecule has 0 radical (unpaired) electrons. The topological polar surface area (TPSA) is 93.1 Å². The maximum absolute atomic E-state index is 12.0. The minimum Gasteiger partial charge on any atom is -0.507 e. The molecule has 0 saturated carbocycles. The quantitative estimate of drug-likeness (QED) is 0.618. The van der Waals surface area contributed by atoms with Crippen molar-refractivity contribution in [3.63, 3.8) is 0 Å². The lowest BCUT2D eigenvalue weighted by Gasteiger charge is -2.14. The molecule has 23 heavy (non-hydrogen) atoms. The third-order valence-corrected chi connectivity index (χ3v) is 3.98. The molecule has 0 saturated heterocycles. The average Bonchev–Trinajstić information content (AvgIpc) is 2.84. The number of rotatable bonds is 6. The SMILES string of the molecule is COc1cc(O)c2c(c1C)C(CC=C(C)CCC(=O)O)OC2=O. The summed E-state index contributed by atoms with van der Waals surface area (Å²) < 4.78 is 10.6. The van der Waals surface area contributed by atoms with Gasteiger partial charge < -0.3 is 19.7 Å². The van der Waals surface area contributed by atoms with Crippen LogP contribution < -0.4 is 4.74 Å². The number of aromatic hydroxyl groups is 1. The van der Waals surface area contributed by atoms with Crippen LogP contribution in [0.3, 0.4) is 0 Å². The zero-order valence-electron chi connectivity index (χ0n) is 13.4. The number of cyclic esters (lactones) is 1. The molecule has 2 N–H and O–H groups in total. The van der Waals surface area contributed by atoms with Gasteiger partial charge in [-0.2, -0.15) is 0 Å². The van der Waals surface area contributed by atoms with Crippen LogP contribution in [0.2, 0.25) is 0 Å². The van der Waals surface area contributed by atoms with Crippen LogP contribution in [0, 0.1) is 6.92 Å². The molecule has 2 rings (SSSR count). The largest absolute Gasteiger partial charge is 0.507 e. The molecular formula is C17H20O6. The Bertz CT molecular complexity index is 674. The normalized spacial score (nSPS) is 16.9. The second-order valence-corrected chi connectivity index (χ2v) is 5.59. The first-order valence-corrected chi connectivity index (χ1v) is 7.34. The first-order chi connectivity index (χ1) is 10.8. The Morgan fingerprint density at radius 3 is 2.74 bits per heavy atom. The molecule has 1 aliphatic rings. The summed E-state index contributed by atoms with van der Waals surface area (Å²) in [4.78, 5) is 22.6. The number of fused-ring (bicyclic) bond motifs is 1. The fourth-order valence-electron chi connectivity index (χ4n) is 2.72. The van der Waals surface area contributed by atoms with Gasteiger partial charge >= 0.3 is 11.9 Å². The Hall–Kier alpha value is -2.50. The standard InChI is InChI=1S/C17H20O6/c1-9(5-7-14(19)20)4-6-12-15-10(2)13(22-3)8-11(18)16(15)17(21)23-12/h4,8,12,18H,5-7H2,1-3H3,(H,19,20). The summed E-state index contributed by atoms with van der Waals surface area (Å²) in [5.74, 6) is -1.05. The lowest BCUT2D eigenvalue weighted by molar-refractivity contribution is -0.136. The smallest absolute Gasteiger partial charge is 0.342 e. The number of phenols is 1. The van der Waals surface area contributed by atoms with E-state index in [-0.39, 0.29) is 17.7 Å². The van der Waals surface area contributed by atoms with Crippen molar-refractivity contribution in [2.45, 2.75) is 39.2 Å². The number of esters is 1. The van der Waals surface area contributed by atoms with Gasteiger partial charge in [-0.3, -0.25) is 4.79 Å². The molecule has 0 aliphatic carbocycles. The van der Waals surface area contributed by atoms with Gasteiger partial charge in [0.05, 0.1) is 7.11 Å². The van der Waals surface area contributed by atoms with Crippen molar-refractivity contribution in [2.75, 3.05) is 7.11 Å². The maximum Gasteiger partial charge on any atom is 0.342 e. The van der Waals surface area contributed by atoms with Crippen molar-refractivity contribution < 1.29 is 29.3 Å². The fraction of sp³-hybridized carbons (Fsp3) is 0.412. The van der Waals surface area contributed by atoms with Gasteiger partial charge in [-0.15, -0.1) is 0 Å². The predicted octanol–water partition coefficient (Wildman–Crippen LogP) is 3.12. The monoisotopic (exact) mass is 320 g/mol. The van der Waals surface area contributed by atoms with E-state index in [4.69, 9.17) is 14.6 Å². The molecule has 0 amide bonds. The molecule has 124 valence electrons. The van der Waals surface area contributed by atoms with Crippen LogP contribution >= 0.6 is 0 Å². The van der Waals surface area contributed by atoms with Crippen molar-refractivity contribution in [1.29, 1.82) is 0 Å². The number of carbonyl (C=O) groups excluding carboxylic acids is 1. The Morgan fingerprint density at radius 2 is 2.13 bits per heavy atom. The predicted molar refractivity (Wildman–Crippen MR) is 82.8 cm³/mol. The van der Waals surface area contributed by atoms with E-state index < -0.39 is 18.0 Å². The van der Waals surface area contributed by atoms with Crippen molar-refractivity contribution >= 4 is 11.9 Å². The van der Waals surface area contributed by atoms with Gasteiger partial charge in [0, 0.05) is 24.5 Å². The Kier molecular flexibility index (Phi) is 4.93. The highest BCUT2D eigenvalue weighted by Crippen LogP contribution is 2.43. The molecule has 1 heterocycles. The number of allylic oxidation sites excluding steroid dienone is 1. The molecule has 6 heteroatoms.